The minimum Gasteiger partial charge on any atom is -0.394 e. The van der Waals surface area contributed by atoms with Gasteiger partial charge in [0.1, 0.15) is 61.0 Å². The first-order chi connectivity index (χ1) is 16.2. The molecule has 186 valence electrons. The average molecular weight is 480 g/mol. The predicted octanol–water partition coefficient (Wildman–Crippen LogP) is -4.43. The van der Waals surface area contributed by atoms with Gasteiger partial charge >= 0.3 is 0 Å². The molecule has 34 heavy (non-hydrogen) atoms. The van der Waals surface area contributed by atoms with E-state index in [9.17, 15) is 46.0 Å². The van der Waals surface area contributed by atoms with Crippen molar-refractivity contribution in [1.29, 1.82) is 0 Å². The van der Waals surface area contributed by atoms with Gasteiger partial charge < -0.3 is 55.4 Å². The molecule has 0 aromatic heterocycles. The fourth-order valence-electron chi connectivity index (χ4n) is 3.67. The summed E-state index contributed by atoms with van der Waals surface area (Å²) in [6.45, 7) is -1.55. The van der Waals surface area contributed by atoms with Crippen LogP contribution in [-0.2, 0) is 16.1 Å². The standard InChI is InChI=1S/C23H28O11/c24-8-13-7-11(2-5-14-18(27)22(31)20(29)16(9-25)33-14)1-3-12(13)4-6-15-19(28)23(32)21(30)17(10-26)34-15/h1,3,7,14-32H,8-10H2. The molecule has 11 nitrogen and oxygen atoms in total. The first-order valence-corrected chi connectivity index (χ1v) is 10.6. The summed E-state index contributed by atoms with van der Waals surface area (Å²) in [5.74, 6) is 10.7. The monoisotopic (exact) mass is 480 g/mol. The summed E-state index contributed by atoms with van der Waals surface area (Å²) in [7, 11) is 0. The van der Waals surface area contributed by atoms with E-state index in [1.165, 1.54) is 6.07 Å². The normalized spacial score (nSPS) is 37.8. The Bertz CT molecular complexity index is 957. The number of aliphatic hydroxyl groups excluding tert-OH is 9. The van der Waals surface area contributed by atoms with Crippen molar-refractivity contribution in [3.63, 3.8) is 0 Å². The number of rotatable bonds is 3. The van der Waals surface area contributed by atoms with Gasteiger partial charge in [-0.05, 0) is 23.8 Å². The highest BCUT2D eigenvalue weighted by atomic mass is 16.5. The van der Waals surface area contributed by atoms with Crippen molar-refractivity contribution < 1.29 is 55.4 Å². The van der Waals surface area contributed by atoms with Gasteiger partial charge in [0.15, 0.2) is 0 Å². The van der Waals surface area contributed by atoms with Crippen LogP contribution >= 0.6 is 0 Å². The summed E-state index contributed by atoms with van der Waals surface area (Å²) in [5.41, 5.74) is 1.16. The maximum atomic E-state index is 10.1. The minimum atomic E-state index is -1.55. The Balaban J connectivity index is 1.78. The second kappa shape index (κ2) is 11.6. The van der Waals surface area contributed by atoms with E-state index in [2.05, 4.69) is 23.7 Å². The fraction of sp³-hybridized carbons (Fsp3) is 0.565. The molecule has 2 saturated heterocycles. The second-order valence-electron chi connectivity index (χ2n) is 8.07. The highest BCUT2D eigenvalue weighted by Crippen LogP contribution is 2.22. The predicted molar refractivity (Wildman–Crippen MR) is 114 cm³/mol. The first-order valence-electron chi connectivity index (χ1n) is 10.6. The number of hydrogen-bond donors (Lipinski definition) is 9. The topological polar surface area (TPSA) is 201 Å². The fourth-order valence-corrected chi connectivity index (χ4v) is 3.67. The lowest BCUT2D eigenvalue weighted by molar-refractivity contribution is -0.214. The molecule has 0 aliphatic carbocycles. The third kappa shape index (κ3) is 5.58. The highest BCUT2D eigenvalue weighted by molar-refractivity contribution is 5.48. The van der Waals surface area contributed by atoms with E-state index in [0.29, 0.717) is 16.7 Å². The molecule has 1 aromatic rings. The molecular weight excluding hydrogens is 452 g/mol. The Kier molecular flexibility index (Phi) is 9.01. The van der Waals surface area contributed by atoms with Crippen LogP contribution in [0, 0.1) is 23.7 Å². The molecule has 0 radical (unpaired) electrons. The van der Waals surface area contributed by atoms with Gasteiger partial charge in [-0.25, -0.2) is 0 Å². The summed E-state index contributed by atoms with van der Waals surface area (Å²) >= 11 is 0. The lowest BCUT2D eigenvalue weighted by atomic mass is 9.95. The molecule has 2 fully saturated rings. The van der Waals surface area contributed by atoms with Gasteiger partial charge in [0.05, 0.1) is 19.8 Å². The zero-order chi connectivity index (χ0) is 25.0. The van der Waals surface area contributed by atoms with Gasteiger partial charge in [-0.15, -0.1) is 0 Å². The molecule has 9 N–H and O–H groups in total. The summed E-state index contributed by atoms with van der Waals surface area (Å²) in [5, 5.41) is 87.8. The Labute approximate surface area is 195 Å². The van der Waals surface area contributed by atoms with Crippen LogP contribution in [0.2, 0.25) is 0 Å². The van der Waals surface area contributed by atoms with E-state index in [0.717, 1.165) is 0 Å². The van der Waals surface area contributed by atoms with E-state index in [1.54, 1.807) is 12.1 Å². The van der Waals surface area contributed by atoms with Crippen LogP contribution in [0.25, 0.3) is 0 Å². The molecular formula is C23H28O11. The molecule has 10 atom stereocenters. The number of hydrogen-bond acceptors (Lipinski definition) is 11. The maximum absolute atomic E-state index is 10.1. The largest absolute Gasteiger partial charge is 0.394 e. The van der Waals surface area contributed by atoms with Crippen LogP contribution in [0.15, 0.2) is 18.2 Å². The molecule has 10 unspecified atom stereocenters. The summed E-state index contributed by atoms with van der Waals surface area (Å²) in [6, 6.07) is 4.63. The molecule has 0 spiro atoms. The maximum Gasteiger partial charge on any atom is 0.147 e. The molecule has 1 aromatic carbocycles. The van der Waals surface area contributed by atoms with E-state index >= 15 is 0 Å². The third-order valence-electron chi connectivity index (χ3n) is 5.77. The van der Waals surface area contributed by atoms with Crippen molar-refractivity contribution in [2.45, 2.75) is 67.6 Å². The summed E-state index contributed by atoms with van der Waals surface area (Å²) in [6.07, 6.45) is -13.6. The second-order valence-corrected chi connectivity index (χ2v) is 8.07. The van der Waals surface area contributed by atoms with Gasteiger partial charge in [-0.1, -0.05) is 23.7 Å². The van der Waals surface area contributed by atoms with Gasteiger partial charge in [0.2, 0.25) is 0 Å². The van der Waals surface area contributed by atoms with Crippen molar-refractivity contribution in [2.24, 2.45) is 0 Å². The van der Waals surface area contributed by atoms with Crippen molar-refractivity contribution in [2.75, 3.05) is 13.2 Å². The lowest BCUT2D eigenvalue weighted by Crippen LogP contribution is -2.58. The van der Waals surface area contributed by atoms with E-state index in [1.807, 2.05) is 0 Å². The molecule has 0 amide bonds. The van der Waals surface area contributed by atoms with Crippen LogP contribution < -0.4 is 0 Å². The molecule has 3 rings (SSSR count). The molecule has 0 saturated carbocycles. The van der Waals surface area contributed by atoms with E-state index < -0.39 is 80.9 Å². The summed E-state index contributed by atoms with van der Waals surface area (Å²) in [4.78, 5) is 0. The summed E-state index contributed by atoms with van der Waals surface area (Å²) < 4.78 is 10.7. The lowest BCUT2D eigenvalue weighted by Gasteiger charge is -2.37. The van der Waals surface area contributed by atoms with E-state index in [4.69, 9.17) is 9.47 Å². The van der Waals surface area contributed by atoms with Crippen LogP contribution in [0.4, 0.5) is 0 Å². The van der Waals surface area contributed by atoms with Gasteiger partial charge in [0, 0.05) is 11.1 Å². The first kappa shape index (κ1) is 26.5. The van der Waals surface area contributed by atoms with Gasteiger partial charge in [0.25, 0.3) is 0 Å². The Hall–Kier alpha value is -2.10. The van der Waals surface area contributed by atoms with Gasteiger partial charge in [-0.2, -0.15) is 0 Å². The molecule has 0 bridgehead atoms. The Morgan fingerprint density at radius 1 is 0.647 bits per heavy atom. The van der Waals surface area contributed by atoms with Crippen LogP contribution in [0.5, 0.6) is 0 Å². The SMILES string of the molecule is OCc1cc(C#CC2OC(CO)C(O)C(O)C2O)ccc1C#CC1OC(CO)C(O)C(O)C1O. The average Bonchev–Trinajstić information content (AvgIpc) is 2.85. The quantitative estimate of drug-likeness (QED) is 0.189. The van der Waals surface area contributed by atoms with E-state index in [-0.39, 0.29) is 0 Å². The van der Waals surface area contributed by atoms with Crippen molar-refractivity contribution in [3.05, 3.63) is 34.9 Å². The molecule has 2 aliphatic rings. The number of benzene rings is 1. The Morgan fingerprint density at radius 2 is 1.15 bits per heavy atom. The van der Waals surface area contributed by atoms with Gasteiger partial charge in [-0.3, -0.25) is 0 Å². The van der Waals surface area contributed by atoms with Crippen molar-refractivity contribution >= 4 is 0 Å². The third-order valence-corrected chi connectivity index (χ3v) is 5.77. The van der Waals surface area contributed by atoms with Crippen LogP contribution in [0.3, 0.4) is 0 Å². The number of ether oxygens (including phenoxy) is 2. The Morgan fingerprint density at radius 3 is 1.62 bits per heavy atom. The molecule has 2 aliphatic heterocycles. The van der Waals surface area contributed by atoms with Crippen molar-refractivity contribution in [3.8, 4) is 23.7 Å². The zero-order valence-corrected chi connectivity index (χ0v) is 18.0. The van der Waals surface area contributed by atoms with Crippen LogP contribution in [0.1, 0.15) is 16.7 Å². The minimum absolute atomic E-state index is 0.373. The smallest absolute Gasteiger partial charge is 0.147 e. The highest BCUT2D eigenvalue weighted by Gasteiger charge is 2.43. The number of aliphatic hydroxyl groups is 9. The molecule has 11 heteroatoms. The van der Waals surface area contributed by atoms with Crippen molar-refractivity contribution in [1.82, 2.24) is 0 Å². The van der Waals surface area contributed by atoms with Crippen LogP contribution in [-0.4, -0.2) is 120 Å². The molecule has 2 heterocycles. The zero-order valence-electron chi connectivity index (χ0n) is 18.0.